The molecule has 0 aromatic heterocycles. The largest absolute Gasteiger partial charge is 0.449 e. The third-order valence-electron chi connectivity index (χ3n) is 3.32. The zero-order valence-corrected chi connectivity index (χ0v) is 15.2. The highest BCUT2D eigenvalue weighted by molar-refractivity contribution is 6.39. The number of carbonyl (C=O) groups is 2. The van der Waals surface area contributed by atoms with E-state index in [0.29, 0.717) is 5.56 Å². The molecule has 0 unspecified atom stereocenters. The summed E-state index contributed by atoms with van der Waals surface area (Å²) in [6.45, 7) is 1.44. The SMILES string of the molecule is C[C@@H](OC(=O)/C=C/c1ccc(C#N)cc1)C(=O)Nc1c(Cl)cccc1Cl. The number of para-hydroxylation sites is 1. The Morgan fingerprint density at radius 1 is 1.15 bits per heavy atom. The molecule has 0 aliphatic rings. The van der Waals surface area contributed by atoms with Crippen molar-refractivity contribution in [3.63, 3.8) is 0 Å². The minimum Gasteiger partial charge on any atom is -0.449 e. The van der Waals surface area contributed by atoms with Crippen molar-refractivity contribution in [3.05, 3.63) is 69.7 Å². The van der Waals surface area contributed by atoms with Gasteiger partial charge in [-0.15, -0.1) is 0 Å². The molecular formula is C19H14Cl2N2O3. The molecule has 26 heavy (non-hydrogen) atoms. The molecule has 5 nitrogen and oxygen atoms in total. The van der Waals surface area contributed by atoms with Gasteiger partial charge in [-0.1, -0.05) is 41.4 Å². The molecule has 0 saturated carbocycles. The topological polar surface area (TPSA) is 79.2 Å². The van der Waals surface area contributed by atoms with Crippen molar-refractivity contribution in [2.75, 3.05) is 5.32 Å². The van der Waals surface area contributed by atoms with E-state index >= 15 is 0 Å². The number of esters is 1. The number of halogens is 2. The number of ether oxygens (including phenoxy) is 1. The third-order valence-corrected chi connectivity index (χ3v) is 3.95. The average molecular weight is 389 g/mol. The monoisotopic (exact) mass is 388 g/mol. The molecule has 2 rings (SSSR count). The van der Waals surface area contributed by atoms with Gasteiger partial charge in [-0.25, -0.2) is 4.79 Å². The maximum atomic E-state index is 12.1. The van der Waals surface area contributed by atoms with Crippen molar-refractivity contribution in [1.29, 1.82) is 5.26 Å². The second-order valence-corrected chi connectivity index (χ2v) is 6.05. The molecular weight excluding hydrogens is 375 g/mol. The van der Waals surface area contributed by atoms with E-state index in [1.165, 1.54) is 19.1 Å². The standard InChI is InChI=1S/C19H14Cl2N2O3/c1-12(19(25)23-18-15(20)3-2-4-16(18)21)26-17(24)10-9-13-5-7-14(11-22)8-6-13/h2-10,12H,1H3,(H,23,25)/b10-9+/t12-/m1/s1. The van der Waals surface area contributed by atoms with Gasteiger partial charge < -0.3 is 10.1 Å². The normalized spacial score (nSPS) is 11.6. The van der Waals surface area contributed by atoms with Crippen LogP contribution in [0.15, 0.2) is 48.5 Å². The van der Waals surface area contributed by atoms with Crippen molar-refractivity contribution in [2.45, 2.75) is 13.0 Å². The van der Waals surface area contributed by atoms with Gasteiger partial charge in [0.2, 0.25) is 0 Å². The molecule has 1 amide bonds. The molecule has 1 atom stereocenters. The van der Waals surface area contributed by atoms with Crippen LogP contribution in [0.25, 0.3) is 6.08 Å². The van der Waals surface area contributed by atoms with Gasteiger partial charge in [0.1, 0.15) is 0 Å². The Hall–Kier alpha value is -2.81. The van der Waals surface area contributed by atoms with E-state index in [-0.39, 0.29) is 15.7 Å². The Kier molecular flexibility index (Phi) is 6.79. The Morgan fingerprint density at radius 2 is 1.77 bits per heavy atom. The molecule has 0 fully saturated rings. The number of hydrogen-bond acceptors (Lipinski definition) is 4. The maximum absolute atomic E-state index is 12.1. The second kappa shape index (κ2) is 9.04. The summed E-state index contributed by atoms with van der Waals surface area (Å²) in [5, 5.41) is 11.8. The summed E-state index contributed by atoms with van der Waals surface area (Å²) < 4.78 is 5.05. The number of benzene rings is 2. The van der Waals surface area contributed by atoms with Crippen LogP contribution in [0.2, 0.25) is 10.0 Å². The van der Waals surface area contributed by atoms with Crippen molar-refractivity contribution >= 4 is 46.8 Å². The lowest BCUT2D eigenvalue weighted by atomic mass is 10.1. The van der Waals surface area contributed by atoms with E-state index in [1.807, 2.05) is 6.07 Å². The molecule has 2 aromatic carbocycles. The van der Waals surface area contributed by atoms with Crippen LogP contribution in [0.3, 0.4) is 0 Å². The molecule has 0 saturated heterocycles. The van der Waals surface area contributed by atoms with Gasteiger partial charge >= 0.3 is 5.97 Å². The van der Waals surface area contributed by atoms with Crippen LogP contribution < -0.4 is 5.32 Å². The van der Waals surface area contributed by atoms with Crippen molar-refractivity contribution in [3.8, 4) is 6.07 Å². The lowest BCUT2D eigenvalue weighted by molar-refractivity contribution is -0.148. The van der Waals surface area contributed by atoms with Crippen LogP contribution in [0.1, 0.15) is 18.1 Å². The quantitative estimate of drug-likeness (QED) is 0.605. The minimum absolute atomic E-state index is 0.261. The fourth-order valence-corrected chi connectivity index (χ4v) is 2.43. The predicted molar refractivity (Wildman–Crippen MR) is 101 cm³/mol. The molecule has 0 heterocycles. The summed E-state index contributed by atoms with van der Waals surface area (Å²) in [7, 11) is 0. The van der Waals surface area contributed by atoms with Crippen LogP contribution in [-0.2, 0) is 14.3 Å². The van der Waals surface area contributed by atoms with E-state index in [2.05, 4.69) is 5.32 Å². The molecule has 0 aliphatic carbocycles. The van der Waals surface area contributed by atoms with Crippen LogP contribution in [-0.4, -0.2) is 18.0 Å². The molecule has 0 radical (unpaired) electrons. The van der Waals surface area contributed by atoms with Crippen molar-refractivity contribution < 1.29 is 14.3 Å². The zero-order valence-electron chi connectivity index (χ0n) is 13.7. The first kappa shape index (κ1) is 19.5. The highest BCUT2D eigenvalue weighted by Crippen LogP contribution is 2.29. The van der Waals surface area contributed by atoms with Gasteiger partial charge in [-0.05, 0) is 42.8 Å². The Bertz CT molecular complexity index is 866. The van der Waals surface area contributed by atoms with Gasteiger partial charge in [0, 0.05) is 6.08 Å². The van der Waals surface area contributed by atoms with E-state index in [4.69, 9.17) is 33.2 Å². The average Bonchev–Trinajstić information content (AvgIpc) is 2.63. The highest BCUT2D eigenvalue weighted by Gasteiger charge is 2.18. The summed E-state index contributed by atoms with van der Waals surface area (Å²) in [4.78, 5) is 24.0. The fraction of sp³-hybridized carbons (Fsp3) is 0.105. The van der Waals surface area contributed by atoms with Gasteiger partial charge in [-0.2, -0.15) is 5.26 Å². The van der Waals surface area contributed by atoms with E-state index in [1.54, 1.807) is 42.5 Å². The van der Waals surface area contributed by atoms with Gasteiger partial charge in [0.15, 0.2) is 6.10 Å². The van der Waals surface area contributed by atoms with E-state index < -0.39 is 18.0 Å². The molecule has 0 aliphatic heterocycles. The zero-order chi connectivity index (χ0) is 19.1. The predicted octanol–water partition coefficient (Wildman–Crippen LogP) is 4.45. The maximum Gasteiger partial charge on any atom is 0.331 e. The van der Waals surface area contributed by atoms with Gasteiger partial charge in [0.25, 0.3) is 5.91 Å². The molecule has 0 spiro atoms. The van der Waals surface area contributed by atoms with Crippen molar-refractivity contribution in [1.82, 2.24) is 0 Å². The molecule has 0 bridgehead atoms. The third kappa shape index (κ3) is 5.35. The summed E-state index contributed by atoms with van der Waals surface area (Å²) in [5.74, 6) is -1.23. The minimum atomic E-state index is -1.04. The van der Waals surface area contributed by atoms with E-state index in [9.17, 15) is 9.59 Å². The number of carbonyl (C=O) groups excluding carboxylic acids is 2. The Morgan fingerprint density at radius 3 is 2.35 bits per heavy atom. The Balaban J connectivity index is 1.94. The molecule has 1 N–H and O–H groups in total. The summed E-state index contributed by atoms with van der Waals surface area (Å²) in [5.41, 5.74) is 1.51. The van der Waals surface area contributed by atoms with Crippen LogP contribution in [0, 0.1) is 11.3 Å². The molecule has 7 heteroatoms. The fourth-order valence-electron chi connectivity index (χ4n) is 1.94. The first-order valence-corrected chi connectivity index (χ1v) is 8.30. The summed E-state index contributed by atoms with van der Waals surface area (Å²) >= 11 is 12.0. The second-order valence-electron chi connectivity index (χ2n) is 5.23. The van der Waals surface area contributed by atoms with E-state index in [0.717, 1.165) is 5.56 Å². The lowest BCUT2D eigenvalue weighted by Crippen LogP contribution is -2.29. The smallest absolute Gasteiger partial charge is 0.331 e. The van der Waals surface area contributed by atoms with Crippen LogP contribution in [0.5, 0.6) is 0 Å². The summed E-state index contributed by atoms with van der Waals surface area (Å²) in [6, 6.07) is 13.5. The highest BCUT2D eigenvalue weighted by atomic mass is 35.5. The lowest BCUT2D eigenvalue weighted by Gasteiger charge is -2.14. The number of nitrogens with one attached hydrogen (secondary N) is 1. The number of nitriles is 1. The Labute approximate surface area is 160 Å². The molecule has 132 valence electrons. The van der Waals surface area contributed by atoms with Crippen LogP contribution in [0.4, 0.5) is 5.69 Å². The van der Waals surface area contributed by atoms with Gasteiger partial charge in [0.05, 0.1) is 27.4 Å². The number of amides is 1. The first-order chi connectivity index (χ1) is 12.4. The van der Waals surface area contributed by atoms with Crippen LogP contribution >= 0.6 is 23.2 Å². The number of nitrogens with zero attached hydrogens (tertiary/aromatic N) is 1. The van der Waals surface area contributed by atoms with Gasteiger partial charge in [-0.3, -0.25) is 4.79 Å². The van der Waals surface area contributed by atoms with Crippen molar-refractivity contribution in [2.24, 2.45) is 0 Å². The first-order valence-electron chi connectivity index (χ1n) is 7.54. The molecule has 2 aromatic rings. The number of anilines is 1. The summed E-state index contributed by atoms with van der Waals surface area (Å²) in [6.07, 6.45) is 1.69. The number of rotatable bonds is 5. The number of hydrogen-bond donors (Lipinski definition) is 1.